The first kappa shape index (κ1) is 13.0. The van der Waals surface area contributed by atoms with Gasteiger partial charge in [0.1, 0.15) is 6.07 Å². The van der Waals surface area contributed by atoms with Gasteiger partial charge in [0.05, 0.1) is 21.3 Å². The largest absolute Gasteiger partial charge is 0.397 e. The van der Waals surface area contributed by atoms with E-state index in [0.29, 0.717) is 37.4 Å². The van der Waals surface area contributed by atoms with Gasteiger partial charge in [-0.25, -0.2) is 0 Å². The van der Waals surface area contributed by atoms with E-state index in [2.05, 4.69) is 0 Å². The van der Waals surface area contributed by atoms with Crippen molar-refractivity contribution < 1.29 is 0 Å². The van der Waals surface area contributed by atoms with Crippen molar-refractivity contribution in [2.75, 3.05) is 5.73 Å². The highest BCUT2D eigenvalue weighted by molar-refractivity contribution is 6.44. The fraction of sp³-hybridized carbons (Fsp3) is 0. The lowest BCUT2D eigenvalue weighted by molar-refractivity contribution is 1.48. The van der Waals surface area contributed by atoms with Gasteiger partial charge in [0, 0.05) is 16.1 Å². The number of nitrogen functional groups attached to an aromatic ring is 1. The SMILES string of the molecule is N#Cc1cc(Cl)cc(-c2cccc(Cl)c2Cl)c1N. The Kier molecular flexibility index (Phi) is 3.68. The molecule has 0 amide bonds. The van der Waals surface area contributed by atoms with Crippen LogP contribution in [-0.2, 0) is 0 Å². The summed E-state index contributed by atoms with van der Waals surface area (Å²) in [4.78, 5) is 0. The molecule has 0 bridgehead atoms. The number of nitrogens with zero attached hydrogens (tertiary/aromatic N) is 1. The predicted octanol–water partition coefficient (Wildman–Crippen LogP) is 4.77. The molecule has 0 aliphatic heterocycles. The van der Waals surface area contributed by atoms with E-state index in [4.69, 9.17) is 45.8 Å². The van der Waals surface area contributed by atoms with Crippen LogP contribution in [0.4, 0.5) is 5.69 Å². The fourth-order valence-electron chi connectivity index (χ4n) is 1.65. The van der Waals surface area contributed by atoms with Crippen LogP contribution in [0.1, 0.15) is 5.56 Å². The van der Waals surface area contributed by atoms with E-state index in [0.717, 1.165) is 0 Å². The maximum atomic E-state index is 8.99. The molecule has 2 aromatic rings. The van der Waals surface area contributed by atoms with Gasteiger partial charge >= 0.3 is 0 Å². The lowest BCUT2D eigenvalue weighted by atomic mass is 10.0. The Labute approximate surface area is 119 Å². The molecule has 0 saturated heterocycles. The van der Waals surface area contributed by atoms with E-state index in [9.17, 15) is 0 Å². The molecule has 0 fully saturated rings. The number of rotatable bonds is 1. The summed E-state index contributed by atoms with van der Waals surface area (Å²) in [6.45, 7) is 0. The molecule has 2 rings (SSSR count). The highest BCUT2D eigenvalue weighted by atomic mass is 35.5. The zero-order valence-corrected chi connectivity index (χ0v) is 11.3. The molecule has 0 saturated carbocycles. The topological polar surface area (TPSA) is 49.8 Å². The van der Waals surface area contributed by atoms with Crippen molar-refractivity contribution in [1.29, 1.82) is 5.26 Å². The normalized spacial score (nSPS) is 10.1. The highest BCUT2D eigenvalue weighted by Crippen LogP contribution is 2.38. The van der Waals surface area contributed by atoms with Gasteiger partial charge in [-0.3, -0.25) is 0 Å². The summed E-state index contributed by atoms with van der Waals surface area (Å²) in [5.41, 5.74) is 7.84. The molecule has 0 aliphatic carbocycles. The van der Waals surface area contributed by atoms with E-state index in [1.807, 2.05) is 6.07 Å². The van der Waals surface area contributed by atoms with Gasteiger partial charge in [-0.1, -0.05) is 46.9 Å². The Bertz CT molecular complexity index is 660. The van der Waals surface area contributed by atoms with Crippen LogP contribution in [-0.4, -0.2) is 0 Å². The fourth-order valence-corrected chi connectivity index (χ4v) is 2.27. The van der Waals surface area contributed by atoms with Crippen molar-refractivity contribution >= 4 is 40.5 Å². The van der Waals surface area contributed by atoms with Crippen LogP contribution in [0, 0.1) is 11.3 Å². The number of halogens is 3. The molecule has 90 valence electrons. The van der Waals surface area contributed by atoms with Crippen LogP contribution in [0.2, 0.25) is 15.1 Å². The maximum Gasteiger partial charge on any atom is 0.101 e. The van der Waals surface area contributed by atoms with Crippen molar-refractivity contribution in [2.45, 2.75) is 0 Å². The third-order valence-electron chi connectivity index (χ3n) is 2.51. The van der Waals surface area contributed by atoms with Gasteiger partial charge in [-0.15, -0.1) is 0 Å². The Morgan fingerprint density at radius 3 is 2.44 bits per heavy atom. The number of nitrogens with two attached hydrogens (primary N) is 1. The van der Waals surface area contributed by atoms with E-state index in [-0.39, 0.29) is 0 Å². The molecule has 0 aliphatic rings. The molecular weight excluding hydrogens is 291 g/mol. The molecule has 18 heavy (non-hydrogen) atoms. The third-order valence-corrected chi connectivity index (χ3v) is 3.54. The minimum Gasteiger partial charge on any atom is -0.397 e. The van der Waals surface area contributed by atoms with Crippen LogP contribution in [0.5, 0.6) is 0 Å². The average Bonchev–Trinajstić information content (AvgIpc) is 2.35. The van der Waals surface area contributed by atoms with Crippen molar-refractivity contribution in [3.8, 4) is 17.2 Å². The monoisotopic (exact) mass is 296 g/mol. The first-order valence-electron chi connectivity index (χ1n) is 4.98. The number of benzene rings is 2. The molecule has 0 unspecified atom stereocenters. The third kappa shape index (κ3) is 2.26. The van der Waals surface area contributed by atoms with Gasteiger partial charge in [0.25, 0.3) is 0 Å². The average molecular weight is 298 g/mol. The van der Waals surface area contributed by atoms with E-state index in [1.54, 1.807) is 24.3 Å². The smallest absolute Gasteiger partial charge is 0.101 e. The first-order chi connectivity index (χ1) is 8.54. The standard InChI is InChI=1S/C13H7Cl3N2/c14-8-4-7(6-17)13(18)10(5-8)9-2-1-3-11(15)12(9)16/h1-5H,18H2. The van der Waals surface area contributed by atoms with Crippen LogP contribution < -0.4 is 5.73 Å². The lowest BCUT2D eigenvalue weighted by Gasteiger charge is -2.10. The molecule has 0 radical (unpaired) electrons. The van der Waals surface area contributed by atoms with Crippen molar-refractivity contribution in [3.05, 3.63) is 51.0 Å². The molecule has 0 atom stereocenters. The van der Waals surface area contributed by atoms with Crippen molar-refractivity contribution in [2.24, 2.45) is 0 Å². The summed E-state index contributed by atoms with van der Waals surface area (Å²) >= 11 is 18.1. The number of anilines is 1. The van der Waals surface area contributed by atoms with E-state index in [1.165, 1.54) is 6.07 Å². The molecule has 0 heterocycles. The van der Waals surface area contributed by atoms with Crippen molar-refractivity contribution in [3.63, 3.8) is 0 Å². The van der Waals surface area contributed by atoms with Crippen LogP contribution in [0.15, 0.2) is 30.3 Å². The zero-order chi connectivity index (χ0) is 13.3. The van der Waals surface area contributed by atoms with E-state index < -0.39 is 0 Å². The second kappa shape index (κ2) is 5.07. The number of hydrogen-bond donors (Lipinski definition) is 1. The van der Waals surface area contributed by atoms with Gasteiger partial charge in [-0.05, 0) is 18.2 Å². The van der Waals surface area contributed by atoms with Gasteiger partial charge in [-0.2, -0.15) is 5.26 Å². The maximum absolute atomic E-state index is 8.99. The highest BCUT2D eigenvalue weighted by Gasteiger charge is 2.13. The summed E-state index contributed by atoms with van der Waals surface area (Å²) in [6.07, 6.45) is 0. The van der Waals surface area contributed by atoms with Gasteiger partial charge in [0.15, 0.2) is 0 Å². The van der Waals surface area contributed by atoms with Crippen LogP contribution in [0.25, 0.3) is 11.1 Å². The quantitative estimate of drug-likeness (QED) is 0.771. The summed E-state index contributed by atoms with van der Waals surface area (Å²) in [6, 6.07) is 10.4. The lowest BCUT2D eigenvalue weighted by Crippen LogP contribution is -1.95. The minimum absolute atomic E-state index is 0.313. The second-order valence-corrected chi connectivity index (χ2v) is 4.85. The summed E-state index contributed by atoms with van der Waals surface area (Å²) in [5, 5.41) is 10.2. The molecular formula is C13H7Cl3N2. The molecule has 0 spiro atoms. The van der Waals surface area contributed by atoms with Crippen LogP contribution in [0.3, 0.4) is 0 Å². The second-order valence-electron chi connectivity index (χ2n) is 3.63. The Hall–Kier alpha value is -1.40. The molecule has 5 heteroatoms. The van der Waals surface area contributed by atoms with Gasteiger partial charge in [0.2, 0.25) is 0 Å². The van der Waals surface area contributed by atoms with Gasteiger partial charge < -0.3 is 5.73 Å². The number of nitriles is 1. The summed E-state index contributed by atoms with van der Waals surface area (Å²) in [5.74, 6) is 0. The van der Waals surface area contributed by atoms with Crippen LogP contribution >= 0.6 is 34.8 Å². The molecule has 2 N–H and O–H groups in total. The summed E-state index contributed by atoms with van der Waals surface area (Å²) in [7, 11) is 0. The Balaban J connectivity index is 2.76. The predicted molar refractivity (Wildman–Crippen MR) is 76.0 cm³/mol. The Morgan fingerprint density at radius 1 is 1.06 bits per heavy atom. The van der Waals surface area contributed by atoms with E-state index >= 15 is 0 Å². The molecule has 2 aromatic carbocycles. The number of hydrogen-bond acceptors (Lipinski definition) is 2. The van der Waals surface area contributed by atoms with Crippen molar-refractivity contribution in [1.82, 2.24) is 0 Å². The first-order valence-corrected chi connectivity index (χ1v) is 6.11. The zero-order valence-electron chi connectivity index (χ0n) is 9.05. The molecule has 2 nitrogen and oxygen atoms in total. The molecule has 0 aromatic heterocycles. The Morgan fingerprint density at radius 2 is 1.78 bits per heavy atom. The minimum atomic E-state index is 0.313. The summed E-state index contributed by atoms with van der Waals surface area (Å²) < 4.78 is 0.